The van der Waals surface area contributed by atoms with Crippen molar-refractivity contribution in [2.45, 2.75) is 45.6 Å². The normalized spacial score (nSPS) is 12.0. The highest BCUT2D eigenvalue weighted by Crippen LogP contribution is 2.14. The summed E-state index contributed by atoms with van der Waals surface area (Å²) >= 11 is 0. The van der Waals surface area contributed by atoms with Gasteiger partial charge in [-0.25, -0.2) is 0 Å². The second-order valence-corrected chi connectivity index (χ2v) is 6.70. The number of carbonyl (C=O) groups is 1. The third kappa shape index (κ3) is 7.04. The lowest BCUT2D eigenvalue weighted by Crippen LogP contribution is -2.40. The summed E-state index contributed by atoms with van der Waals surface area (Å²) < 4.78 is 0. The van der Waals surface area contributed by atoms with E-state index in [9.17, 15) is 9.90 Å². The first-order valence-electron chi connectivity index (χ1n) is 9.40. The smallest absolute Gasteiger partial charge is 0.253 e. The third-order valence-corrected chi connectivity index (χ3v) is 4.48. The van der Waals surface area contributed by atoms with E-state index in [0.717, 1.165) is 18.5 Å². The molecular formula is C20H34N4O2. The van der Waals surface area contributed by atoms with Gasteiger partial charge in [0.2, 0.25) is 0 Å². The van der Waals surface area contributed by atoms with E-state index in [2.05, 4.69) is 15.6 Å². The molecule has 0 unspecified atom stereocenters. The van der Waals surface area contributed by atoms with Crippen molar-refractivity contribution >= 4 is 11.9 Å². The first kappa shape index (κ1) is 22.0. The van der Waals surface area contributed by atoms with Crippen molar-refractivity contribution in [1.29, 1.82) is 0 Å². The number of guanidine groups is 1. The SMILES string of the molecule is CCNC(=NCC(O)(CC)CC)NCCc1cccc(C(=O)N(C)C)c1. The molecule has 0 saturated heterocycles. The molecule has 0 aliphatic heterocycles. The van der Waals surface area contributed by atoms with Gasteiger partial charge in [-0.2, -0.15) is 0 Å². The molecule has 0 atom stereocenters. The summed E-state index contributed by atoms with van der Waals surface area (Å²) in [6.07, 6.45) is 2.14. The van der Waals surface area contributed by atoms with Crippen molar-refractivity contribution in [3.05, 3.63) is 35.4 Å². The minimum Gasteiger partial charge on any atom is -0.388 e. The van der Waals surface area contributed by atoms with E-state index in [-0.39, 0.29) is 5.91 Å². The van der Waals surface area contributed by atoms with Gasteiger partial charge in [-0.15, -0.1) is 0 Å². The van der Waals surface area contributed by atoms with Crippen LogP contribution >= 0.6 is 0 Å². The minimum atomic E-state index is -0.747. The van der Waals surface area contributed by atoms with Crippen LogP contribution in [0.2, 0.25) is 0 Å². The summed E-state index contributed by atoms with van der Waals surface area (Å²) in [7, 11) is 3.51. The molecule has 0 fully saturated rings. The molecule has 0 spiro atoms. The highest BCUT2D eigenvalue weighted by molar-refractivity contribution is 5.94. The van der Waals surface area contributed by atoms with E-state index in [1.807, 2.05) is 45.0 Å². The maximum absolute atomic E-state index is 12.1. The van der Waals surface area contributed by atoms with E-state index < -0.39 is 5.60 Å². The standard InChI is InChI=1S/C20H34N4O2/c1-6-20(26,7-2)15-23-19(21-8-3)22-13-12-16-10-9-11-17(14-16)18(25)24(4)5/h9-11,14,26H,6-8,12-13,15H2,1-5H3,(H2,21,22,23). The van der Waals surface area contributed by atoms with Crippen LogP contribution in [0.15, 0.2) is 29.3 Å². The Morgan fingerprint density at radius 1 is 1.19 bits per heavy atom. The molecule has 1 amide bonds. The van der Waals surface area contributed by atoms with E-state index in [0.29, 0.717) is 37.5 Å². The van der Waals surface area contributed by atoms with Crippen molar-refractivity contribution in [2.24, 2.45) is 4.99 Å². The number of aliphatic imine (C=N–C) groups is 1. The van der Waals surface area contributed by atoms with E-state index in [4.69, 9.17) is 0 Å². The molecule has 146 valence electrons. The third-order valence-electron chi connectivity index (χ3n) is 4.48. The maximum atomic E-state index is 12.1. The summed E-state index contributed by atoms with van der Waals surface area (Å²) in [6.45, 7) is 7.79. The van der Waals surface area contributed by atoms with E-state index >= 15 is 0 Å². The van der Waals surface area contributed by atoms with Gasteiger partial charge >= 0.3 is 0 Å². The molecule has 0 radical (unpaired) electrons. The van der Waals surface area contributed by atoms with Crippen LogP contribution in [-0.4, -0.2) is 61.2 Å². The highest BCUT2D eigenvalue weighted by Gasteiger charge is 2.21. The van der Waals surface area contributed by atoms with Crippen LogP contribution in [0.4, 0.5) is 0 Å². The molecule has 1 aromatic carbocycles. The van der Waals surface area contributed by atoms with Crippen LogP contribution in [0.1, 0.15) is 49.5 Å². The van der Waals surface area contributed by atoms with Crippen molar-refractivity contribution in [3.63, 3.8) is 0 Å². The number of amides is 1. The quantitative estimate of drug-likeness (QED) is 0.464. The highest BCUT2D eigenvalue weighted by atomic mass is 16.3. The van der Waals surface area contributed by atoms with Crippen LogP contribution in [0.5, 0.6) is 0 Å². The monoisotopic (exact) mass is 362 g/mol. The van der Waals surface area contributed by atoms with Crippen LogP contribution in [0.25, 0.3) is 0 Å². The molecule has 3 N–H and O–H groups in total. The average Bonchev–Trinajstić information content (AvgIpc) is 2.65. The van der Waals surface area contributed by atoms with Gasteiger partial charge in [0, 0.05) is 32.7 Å². The molecule has 0 bridgehead atoms. The summed E-state index contributed by atoms with van der Waals surface area (Å²) in [5.41, 5.74) is 1.05. The largest absolute Gasteiger partial charge is 0.388 e. The number of rotatable bonds is 9. The zero-order valence-corrected chi connectivity index (χ0v) is 16.8. The van der Waals surface area contributed by atoms with Crippen LogP contribution in [-0.2, 0) is 6.42 Å². The molecule has 1 aromatic rings. The number of hydrogen-bond acceptors (Lipinski definition) is 3. The zero-order chi connectivity index (χ0) is 19.6. The number of carbonyl (C=O) groups excluding carboxylic acids is 1. The lowest BCUT2D eigenvalue weighted by Gasteiger charge is -2.23. The van der Waals surface area contributed by atoms with Gasteiger partial charge in [-0.05, 0) is 43.9 Å². The Labute approximate surface area is 157 Å². The molecule has 0 aliphatic carbocycles. The molecule has 26 heavy (non-hydrogen) atoms. The zero-order valence-electron chi connectivity index (χ0n) is 16.8. The molecule has 6 nitrogen and oxygen atoms in total. The number of benzene rings is 1. The van der Waals surface area contributed by atoms with Crippen molar-refractivity contribution in [1.82, 2.24) is 15.5 Å². The lowest BCUT2D eigenvalue weighted by atomic mass is 9.98. The molecular weight excluding hydrogens is 328 g/mol. The fourth-order valence-corrected chi connectivity index (χ4v) is 2.48. The number of nitrogens with one attached hydrogen (secondary N) is 2. The summed E-state index contributed by atoms with van der Waals surface area (Å²) in [5, 5.41) is 16.9. The van der Waals surface area contributed by atoms with Gasteiger partial charge in [-0.1, -0.05) is 26.0 Å². The summed E-state index contributed by atoms with van der Waals surface area (Å²) in [6, 6.07) is 7.70. The van der Waals surface area contributed by atoms with Gasteiger partial charge in [-0.3, -0.25) is 9.79 Å². The Bertz CT molecular complexity index is 595. The molecule has 0 saturated carbocycles. The van der Waals surface area contributed by atoms with Crippen molar-refractivity contribution in [2.75, 3.05) is 33.7 Å². The van der Waals surface area contributed by atoms with Crippen molar-refractivity contribution < 1.29 is 9.90 Å². The number of aliphatic hydroxyl groups is 1. The summed E-state index contributed by atoms with van der Waals surface area (Å²) in [4.78, 5) is 18.1. The topological polar surface area (TPSA) is 77.0 Å². The fraction of sp³-hybridized carbons (Fsp3) is 0.600. The van der Waals surface area contributed by atoms with Crippen LogP contribution in [0, 0.1) is 0 Å². The molecule has 0 aromatic heterocycles. The molecule has 6 heteroatoms. The van der Waals surface area contributed by atoms with Crippen molar-refractivity contribution in [3.8, 4) is 0 Å². The molecule has 0 heterocycles. The van der Waals surface area contributed by atoms with Gasteiger partial charge in [0.05, 0.1) is 12.1 Å². The summed E-state index contributed by atoms with van der Waals surface area (Å²) in [5.74, 6) is 0.710. The second kappa shape index (κ2) is 10.8. The Hall–Kier alpha value is -2.08. The van der Waals surface area contributed by atoms with Gasteiger partial charge in [0.1, 0.15) is 0 Å². The average molecular weight is 363 g/mol. The maximum Gasteiger partial charge on any atom is 0.253 e. The first-order valence-corrected chi connectivity index (χ1v) is 9.40. The Morgan fingerprint density at radius 3 is 2.46 bits per heavy atom. The van der Waals surface area contributed by atoms with Gasteiger partial charge in [0.25, 0.3) is 5.91 Å². The van der Waals surface area contributed by atoms with E-state index in [1.165, 1.54) is 0 Å². The van der Waals surface area contributed by atoms with Gasteiger partial charge in [0.15, 0.2) is 5.96 Å². The van der Waals surface area contributed by atoms with Gasteiger partial charge < -0.3 is 20.6 Å². The molecule has 0 aliphatic rings. The Balaban J connectivity index is 2.65. The minimum absolute atomic E-state index is 0.00753. The predicted octanol–water partition coefficient (Wildman–Crippen LogP) is 2.04. The Morgan fingerprint density at radius 2 is 1.88 bits per heavy atom. The van der Waals surface area contributed by atoms with Crippen LogP contribution < -0.4 is 10.6 Å². The van der Waals surface area contributed by atoms with Crippen LogP contribution in [0.3, 0.4) is 0 Å². The fourth-order valence-electron chi connectivity index (χ4n) is 2.48. The predicted molar refractivity (Wildman–Crippen MR) is 108 cm³/mol. The number of nitrogens with zero attached hydrogens (tertiary/aromatic N) is 2. The lowest BCUT2D eigenvalue weighted by molar-refractivity contribution is 0.0418. The second-order valence-electron chi connectivity index (χ2n) is 6.70. The molecule has 1 rings (SSSR count). The number of hydrogen-bond donors (Lipinski definition) is 3. The Kier molecular flexibility index (Phi) is 9.13. The first-order chi connectivity index (χ1) is 12.3. The van der Waals surface area contributed by atoms with E-state index in [1.54, 1.807) is 19.0 Å².